The van der Waals surface area contributed by atoms with E-state index in [-0.39, 0.29) is 40.1 Å². The van der Waals surface area contributed by atoms with Crippen LogP contribution in [0.4, 0.5) is 23.2 Å². The van der Waals surface area contributed by atoms with Crippen molar-refractivity contribution in [2.75, 3.05) is 5.01 Å². The third-order valence-corrected chi connectivity index (χ3v) is 6.42. The summed E-state index contributed by atoms with van der Waals surface area (Å²) in [4.78, 5) is 13.2. The minimum Gasteiger partial charge on any atom is -0.472 e. The molecule has 1 amide bonds. The molecular formula is C28H16F4N2O2. The molecule has 3 aromatic carbocycles. The monoisotopic (exact) mass is 488 g/mol. The molecular weight excluding hydrogens is 472 g/mol. The highest BCUT2D eigenvalue weighted by atomic mass is 19.1. The number of hydrogen-bond acceptors (Lipinski definition) is 3. The van der Waals surface area contributed by atoms with E-state index in [0.717, 1.165) is 17.1 Å². The maximum Gasteiger partial charge on any atom is 0.280 e. The molecule has 178 valence electrons. The molecule has 0 saturated carbocycles. The second kappa shape index (κ2) is 8.34. The molecule has 0 fully saturated rings. The lowest BCUT2D eigenvalue weighted by Crippen LogP contribution is -2.25. The number of hydrogen-bond donors (Lipinski definition) is 0. The molecule has 1 aromatic heterocycles. The number of benzene rings is 3. The number of allylic oxidation sites excluding steroid dienone is 1. The number of nitrogens with zero attached hydrogens (tertiary/aromatic N) is 2. The van der Waals surface area contributed by atoms with Crippen LogP contribution in [0.1, 0.15) is 22.6 Å². The van der Waals surface area contributed by atoms with Crippen LogP contribution < -0.4 is 5.01 Å². The van der Waals surface area contributed by atoms with Gasteiger partial charge in [0.1, 0.15) is 34.7 Å². The zero-order valence-electron chi connectivity index (χ0n) is 18.5. The van der Waals surface area contributed by atoms with E-state index in [2.05, 4.69) is 5.10 Å². The van der Waals surface area contributed by atoms with E-state index >= 15 is 13.2 Å². The van der Waals surface area contributed by atoms with E-state index in [4.69, 9.17) is 4.42 Å². The minimum absolute atomic E-state index is 0.00989. The Morgan fingerprint density at radius 2 is 1.67 bits per heavy atom. The van der Waals surface area contributed by atoms with Crippen LogP contribution in [-0.2, 0) is 11.2 Å². The van der Waals surface area contributed by atoms with E-state index in [1.165, 1.54) is 48.9 Å². The number of amides is 1. The summed E-state index contributed by atoms with van der Waals surface area (Å²) in [6, 6.07) is 13.8. The van der Waals surface area contributed by atoms with Crippen molar-refractivity contribution in [3.05, 3.63) is 125 Å². The average molecular weight is 488 g/mol. The third-order valence-electron chi connectivity index (χ3n) is 6.42. The first-order chi connectivity index (χ1) is 17.4. The number of hydrazone groups is 1. The fraction of sp³-hybridized carbons (Fsp3) is 0.0714. The Morgan fingerprint density at radius 1 is 0.861 bits per heavy atom. The van der Waals surface area contributed by atoms with Gasteiger partial charge in [0.2, 0.25) is 0 Å². The van der Waals surface area contributed by atoms with E-state index in [1.54, 1.807) is 18.2 Å². The van der Waals surface area contributed by atoms with E-state index in [1.807, 2.05) is 0 Å². The number of furan rings is 1. The molecule has 4 aromatic rings. The van der Waals surface area contributed by atoms with Gasteiger partial charge in [0.15, 0.2) is 0 Å². The van der Waals surface area contributed by atoms with Crippen molar-refractivity contribution in [1.29, 1.82) is 0 Å². The quantitative estimate of drug-likeness (QED) is 0.307. The lowest BCUT2D eigenvalue weighted by molar-refractivity contribution is -0.114. The molecule has 2 aliphatic rings. The third kappa shape index (κ3) is 3.45. The van der Waals surface area contributed by atoms with Crippen molar-refractivity contribution in [1.82, 2.24) is 0 Å². The zero-order valence-corrected chi connectivity index (χ0v) is 18.5. The lowest BCUT2D eigenvalue weighted by atomic mass is 9.79. The number of anilines is 1. The highest BCUT2D eigenvalue weighted by Gasteiger charge is 2.41. The second-order valence-electron chi connectivity index (χ2n) is 8.54. The Bertz CT molecular complexity index is 1590. The van der Waals surface area contributed by atoms with Crippen LogP contribution in [0.2, 0.25) is 0 Å². The fourth-order valence-electron chi connectivity index (χ4n) is 4.71. The molecule has 0 N–H and O–H groups in total. The van der Waals surface area contributed by atoms with E-state index in [9.17, 15) is 9.18 Å². The number of carbonyl (C=O) groups excluding carboxylic acids is 1. The van der Waals surface area contributed by atoms with Gasteiger partial charge in [0.05, 0.1) is 18.1 Å². The van der Waals surface area contributed by atoms with Gasteiger partial charge in [-0.05, 0) is 53.9 Å². The molecule has 1 unspecified atom stereocenters. The maximum absolute atomic E-state index is 15.1. The largest absolute Gasteiger partial charge is 0.472 e. The number of halogens is 4. The van der Waals surface area contributed by atoms with Crippen LogP contribution in [0.25, 0.3) is 11.1 Å². The van der Waals surface area contributed by atoms with Gasteiger partial charge >= 0.3 is 0 Å². The molecule has 8 heteroatoms. The van der Waals surface area contributed by atoms with Crippen molar-refractivity contribution >= 4 is 17.3 Å². The van der Waals surface area contributed by atoms with Gasteiger partial charge < -0.3 is 4.42 Å². The Labute approximate surface area is 202 Å². The van der Waals surface area contributed by atoms with Crippen molar-refractivity contribution in [2.24, 2.45) is 5.10 Å². The Hall–Kier alpha value is -4.46. The second-order valence-corrected chi connectivity index (χ2v) is 8.54. The number of carbonyl (C=O) groups is 1. The van der Waals surface area contributed by atoms with Crippen molar-refractivity contribution < 1.29 is 26.8 Å². The predicted molar refractivity (Wildman–Crippen MR) is 125 cm³/mol. The van der Waals surface area contributed by atoms with Crippen LogP contribution in [0.15, 0.2) is 94.4 Å². The van der Waals surface area contributed by atoms with Gasteiger partial charge in [-0.15, -0.1) is 0 Å². The summed E-state index contributed by atoms with van der Waals surface area (Å²) >= 11 is 0. The van der Waals surface area contributed by atoms with Gasteiger partial charge in [-0.1, -0.05) is 30.3 Å². The summed E-state index contributed by atoms with van der Waals surface area (Å²) in [7, 11) is 0. The molecule has 4 nitrogen and oxygen atoms in total. The van der Waals surface area contributed by atoms with Crippen LogP contribution in [0, 0.1) is 23.3 Å². The standard InChI is InChI=1S/C28H16F4N2O2/c29-20-3-1-2-4-24(20)34-28(35)19-12-18(25-21(30)7-8-22(31)26(25)27(19)33-34)11-16-6-5-15(13-23(16)32)17-9-10-36-14-17/h1-10,12-14,18H,11H2. The smallest absolute Gasteiger partial charge is 0.280 e. The summed E-state index contributed by atoms with van der Waals surface area (Å²) in [6.45, 7) is 0. The lowest BCUT2D eigenvalue weighted by Gasteiger charge is -2.24. The van der Waals surface area contributed by atoms with Crippen LogP contribution in [0.3, 0.4) is 0 Å². The molecule has 0 spiro atoms. The molecule has 0 saturated heterocycles. The number of para-hydroxylation sites is 1. The Morgan fingerprint density at radius 3 is 2.42 bits per heavy atom. The minimum atomic E-state index is -0.858. The molecule has 36 heavy (non-hydrogen) atoms. The van der Waals surface area contributed by atoms with E-state index < -0.39 is 35.1 Å². The van der Waals surface area contributed by atoms with Crippen molar-refractivity contribution in [3.63, 3.8) is 0 Å². The van der Waals surface area contributed by atoms with Gasteiger partial charge in [-0.3, -0.25) is 4.79 Å². The highest BCUT2D eigenvalue weighted by Crippen LogP contribution is 2.40. The molecule has 1 aliphatic heterocycles. The average Bonchev–Trinajstić information content (AvgIpc) is 3.52. The number of rotatable bonds is 4. The summed E-state index contributed by atoms with van der Waals surface area (Å²) in [6.07, 6.45) is 4.39. The van der Waals surface area contributed by atoms with Crippen molar-refractivity contribution in [2.45, 2.75) is 12.3 Å². The molecule has 6 rings (SSSR count). The highest BCUT2D eigenvalue weighted by molar-refractivity contribution is 6.36. The number of fused-ring (bicyclic) bond motifs is 3. The normalized spacial score (nSPS) is 16.5. The predicted octanol–water partition coefficient (Wildman–Crippen LogP) is 6.52. The first-order valence-electron chi connectivity index (χ1n) is 11.1. The van der Waals surface area contributed by atoms with Gasteiger partial charge in [-0.25, -0.2) is 17.6 Å². The maximum atomic E-state index is 15.1. The molecule has 2 heterocycles. The van der Waals surface area contributed by atoms with Gasteiger partial charge in [-0.2, -0.15) is 10.1 Å². The summed E-state index contributed by atoms with van der Waals surface area (Å²) in [5, 5.41) is 5.01. The summed E-state index contributed by atoms with van der Waals surface area (Å²) < 4.78 is 64.7. The Kier molecular flexibility index (Phi) is 5.10. The van der Waals surface area contributed by atoms with Crippen LogP contribution in [-0.4, -0.2) is 11.6 Å². The van der Waals surface area contributed by atoms with Gasteiger partial charge in [0.25, 0.3) is 5.91 Å². The van der Waals surface area contributed by atoms with Gasteiger partial charge in [0, 0.05) is 22.6 Å². The zero-order chi connectivity index (χ0) is 25.0. The van der Waals surface area contributed by atoms with Crippen molar-refractivity contribution in [3.8, 4) is 11.1 Å². The first kappa shape index (κ1) is 22.0. The SMILES string of the molecule is O=C1C2=CC(Cc3ccc(-c4ccoc4)cc3F)c3c(F)ccc(F)c3C2=NN1c1ccccc1F. The molecule has 0 radical (unpaired) electrons. The molecule has 1 atom stereocenters. The fourth-order valence-corrected chi connectivity index (χ4v) is 4.71. The molecule has 1 aliphatic carbocycles. The Balaban J connectivity index is 1.44. The van der Waals surface area contributed by atoms with Crippen LogP contribution in [0.5, 0.6) is 0 Å². The van der Waals surface area contributed by atoms with Crippen LogP contribution >= 0.6 is 0 Å². The first-order valence-corrected chi connectivity index (χ1v) is 11.1. The summed E-state index contributed by atoms with van der Waals surface area (Å²) in [5.41, 5.74) is 1.17. The topological polar surface area (TPSA) is 45.8 Å². The summed E-state index contributed by atoms with van der Waals surface area (Å²) in [5.74, 6) is -4.24. The van der Waals surface area contributed by atoms with E-state index in [0.29, 0.717) is 11.1 Å². The molecule has 0 bridgehead atoms.